The maximum Gasteiger partial charge on any atom is 0.362 e. The molecule has 1 aromatic heterocycles. The molecule has 0 unspecified atom stereocenters. The number of para-hydroxylation sites is 1. The first-order valence-electron chi connectivity index (χ1n) is 7.99. The molecule has 0 fully saturated rings. The number of carbonyl (C=O) groups excluding carboxylic acids is 1. The number of nitro groups is 2. The van der Waals surface area contributed by atoms with Crippen molar-refractivity contribution < 1.29 is 19.4 Å². The summed E-state index contributed by atoms with van der Waals surface area (Å²) in [6.07, 6.45) is 0. The number of carbonyl (C=O) groups is 1. The van der Waals surface area contributed by atoms with Crippen LogP contribution in [-0.4, -0.2) is 26.0 Å². The highest BCUT2D eigenvalue weighted by molar-refractivity contribution is 6.35. The van der Waals surface area contributed by atoms with E-state index in [-0.39, 0.29) is 17.1 Å². The van der Waals surface area contributed by atoms with Crippen LogP contribution in [0.1, 0.15) is 16.1 Å². The van der Waals surface area contributed by atoms with E-state index in [4.69, 9.17) is 16.3 Å². The molecule has 2 aromatic carbocycles. The maximum atomic E-state index is 12.4. The summed E-state index contributed by atoms with van der Waals surface area (Å²) in [6.45, 7) is 1.81. The van der Waals surface area contributed by atoms with Crippen molar-refractivity contribution in [3.8, 4) is 11.5 Å². The standard InChI is InChI=1S/C17H12ClN5O6/c1-9-4-2-3-5-13(9)29-12-7-10(6-11(8-12)22(25)26)19-17(24)15-14(18)16(21-20-15)23(27)28/h2-8H,1H3,(H,19,24)(H,20,21). The minimum Gasteiger partial charge on any atom is -0.457 e. The highest BCUT2D eigenvalue weighted by Gasteiger charge is 2.25. The number of rotatable bonds is 6. The lowest BCUT2D eigenvalue weighted by Gasteiger charge is -2.10. The number of aromatic amines is 1. The zero-order valence-corrected chi connectivity index (χ0v) is 15.5. The minimum absolute atomic E-state index is 0.0227. The molecule has 3 aromatic rings. The highest BCUT2D eigenvalue weighted by atomic mass is 35.5. The summed E-state index contributed by atoms with van der Waals surface area (Å²) in [6, 6.07) is 10.7. The van der Waals surface area contributed by atoms with E-state index < -0.39 is 32.3 Å². The van der Waals surface area contributed by atoms with E-state index in [1.807, 2.05) is 24.2 Å². The van der Waals surface area contributed by atoms with Crippen molar-refractivity contribution in [3.05, 3.63) is 79.0 Å². The first kappa shape index (κ1) is 19.8. The molecule has 0 saturated carbocycles. The van der Waals surface area contributed by atoms with Crippen molar-refractivity contribution in [2.24, 2.45) is 0 Å². The normalized spacial score (nSPS) is 10.4. The Kier molecular flexibility index (Phi) is 5.41. The van der Waals surface area contributed by atoms with Gasteiger partial charge in [0.15, 0.2) is 10.7 Å². The van der Waals surface area contributed by atoms with E-state index in [1.165, 1.54) is 12.1 Å². The Bertz CT molecular complexity index is 1130. The number of H-pyrrole nitrogens is 1. The predicted octanol–water partition coefficient (Wildman–Crippen LogP) is 4.23. The van der Waals surface area contributed by atoms with E-state index in [9.17, 15) is 25.0 Å². The summed E-state index contributed by atoms with van der Waals surface area (Å²) >= 11 is 5.79. The predicted molar refractivity (Wildman–Crippen MR) is 103 cm³/mol. The molecule has 0 bridgehead atoms. The quantitative estimate of drug-likeness (QED) is 0.449. The van der Waals surface area contributed by atoms with Crippen LogP contribution in [0.4, 0.5) is 17.2 Å². The van der Waals surface area contributed by atoms with E-state index in [0.717, 1.165) is 11.6 Å². The lowest BCUT2D eigenvalue weighted by molar-refractivity contribution is -0.389. The van der Waals surface area contributed by atoms with E-state index in [0.29, 0.717) is 5.75 Å². The monoisotopic (exact) mass is 417 g/mol. The van der Waals surface area contributed by atoms with Gasteiger partial charge < -0.3 is 20.2 Å². The molecule has 11 nitrogen and oxygen atoms in total. The number of anilines is 1. The average Bonchev–Trinajstić information content (AvgIpc) is 3.05. The first-order valence-corrected chi connectivity index (χ1v) is 8.36. The van der Waals surface area contributed by atoms with Gasteiger partial charge in [-0.25, -0.2) is 0 Å². The van der Waals surface area contributed by atoms with Crippen LogP contribution in [-0.2, 0) is 0 Å². The number of nitro benzene ring substituents is 1. The summed E-state index contributed by atoms with van der Waals surface area (Å²) in [4.78, 5) is 32.9. The van der Waals surface area contributed by atoms with Crippen LogP contribution >= 0.6 is 11.6 Å². The van der Waals surface area contributed by atoms with Crippen molar-refractivity contribution in [2.45, 2.75) is 6.92 Å². The molecular weight excluding hydrogens is 406 g/mol. The Morgan fingerprint density at radius 2 is 1.90 bits per heavy atom. The van der Waals surface area contributed by atoms with Gasteiger partial charge in [0.1, 0.15) is 11.5 Å². The number of nitrogens with zero attached hydrogens (tertiary/aromatic N) is 3. The summed E-state index contributed by atoms with van der Waals surface area (Å²) in [5, 5.41) is 29.5. The molecule has 29 heavy (non-hydrogen) atoms. The van der Waals surface area contributed by atoms with Gasteiger partial charge in [0.25, 0.3) is 11.6 Å². The fraction of sp³-hybridized carbons (Fsp3) is 0.0588. The SMILES string of the molecule is Cc1ccccc1Oc1cc(NC(=O)c2n[nH]c([N+](=O)[O-])c2Cl)cc([N+](=O)[O-])c1. The number of benzene rings is 2. The summed E-state index contributed by atoms with van der Waals surface area (Å²) in [7, 11) is 0. The van der Waals surface area contributed by atoms with Crippen molar-refractivity contribution in [1.82, 2.24) is 10.2 Å². The number of aromatic nitrogens is 2. The molecule has 1 heterocycles. The molecule has 1 amide bonds. The fourth-order valence-electron chi connectivity index (χ4n) is 2.40. The van der Waals surface area contributed by atoms with Gasteiger partial charge in [-0.2, -0.15) is 0 Å². The number of hydrogen-bond donors (Lipinski definition) is 2. The van der Waals surface area contributed by atoms with Gasteiger partial charge in [-0.1, -0.05) is 34.9 Å². The molecule has 0 spiro atoms. The van der Waals surface area contributed by atoms with E-state index in [2.05, 4.69) is 10.4 Å². The summed E-state index contributed by atoms with van der Waals surface area (Å²) < 4.78 is 5.69. The molecule has 12 heteroatoms. The Hall–Kier alpha value is -3.99. The molecule has 148 valence electrons. The molecule has 0 aliphatic rings. The molecule has 0 aliphatic heterocycles. The van der Waals surface area contributed by atoms with Gasteiger partial charge in [-0.15, -0.1) is 5.10 Å². The third-order valence-corrected chi connectivity index (χ3v) is 4.13. The Labute approximate surface area is 167 Å². The molecule has 3 rings (SSSR count). The number of nitrogens with one attached hydrogen (secondary N) is 2. The van der Waals surface area contributed by atoms with Crippen LogP contribution < -0.4 is 10.1 Å². The third kappa shape index (κ3) is 4.30. The minimum atomic E-state index is -0.887. The number of halogens is 1. The van der Waals surface area contributed by atoms with Crippen LogP contribution in [0.5, 0.6) is 11.5 Å². The number of hydrogen-bond acceptors (Lipinski definition) is 7. The van der Waals surface area contributed by atoms with Crippen molar-refractivity contribution in [2.75, 3.05) is 5.32 Å². The number of ether oxygens (including phenoxy) is 1. The second kappa shape index (κ2) is 7.94. The Balaban J connectivity index is 1.91. The summed E-state index contributed by atoms with van der Waals surface area (Å²) in [5.41, 5.74) is 0.0754. The molecule has 0 aliphatic carbocycles. The van der Waals surface area contributed by atoms with Crippen molar-refractivity contribution in [1.29, 1.82) is 0 Å². The van der Waals surface area contributed by atoms with Crippen LogP contribution in [0, 0.1) is 27.2 Å². The van der Waals surface area contributed by atoms with E-state index in [1.54, 1.807) is 12.1 Å². The van der Waals surface area contributed by atoms with Crippen molar-refractivity contribution >= 4 is 34.7 Å². The fourth-order valence-corrected chi connectivity index (χ4v) is 2.64. The highest BCUT2D eigenvalue weighted by Crippen LogP contribution is 2.32. The van der Waals surface area contributed by atoms with Crippen LogP contribution in [0.2, 0.25) is 5.02 Å². The zero-order chi connectivity index (χ0) is 21.1. The Morgan fingerprint density at radius 1 is 1.17 bits per heavy atom. The largest absolute Gasteiger partial charge is 0.457 e. The lowest BCUT2D eigenvalue weighted by Crippen LogP contribution is -2.13. The van der Waals surface area contributed by atoms with Gasteiger partial charge in [-0.3, -0.25) is 14.9 Å². The maximum absolute atomic E-state index is 12.4. The Morgan fingerprint density at radius 3 is 2.52 bits per heavy atom. The number of non-ortho nitro benzene ring substituents is 1. The molecule has 0 radical (unpaired) electrons. The smallest absolute Gasteiger partial charge is 0.362 e. The second-order valence-corrected chi connectivity index (χ2v) is 6.16. The lowest BCUT2D eigenvalue weighted by atomic mass is 10.2. The molecular formula is C17H12ClN5O6. The molecule has 0 atom stereocenters. The van der Waals surface area contributed by atoms with Gasteiger partial charge in [0.2, 0.25) is 0 Å². The molecule has 2 N–H and O–H groups in total. The third-order valence-electron chi connectivity index (χ3n) is 3.77. The zero-order valence-electron chi connectivity index (χ0n) is 14.7. The van der Waals surface area contributed by atoms with Gasteiger partial charge in [-0.05, 0) is 23.5 Å². The van der Waals surface area contributed by atoms with Crippen LogP contribution in [0.25, 0.3) is 0 Å². The van der Waals surface area contributed by atoms with Gasteiger partial charge >= 0.3 is 5.82 Å². The first-order chi connectivity index (χ1) is 13.8. The van der Waals surface area contributed by atoms with Crippen LogP contribution in [0.3, 0.4) is 0 Å². The van der Waals surface area contributed by atoms with E-state index >= 15 is 0 Å². The van der Waals surface area contributed by atoms with Gasteiger partial charge in [0, 0.05) is 12.1 Å². The topological polar surface area (TPSA) is 153 Å². The average molecular weight is 418 g/mol. The molecule has 0 saturated heterocycles. The number of amides is 1. The van der Waals surface area contributed by atoms with Crippen molar-refractivity contribution in [3.63, 3.8) is 0 Å². The van der Waals surface area contributed by atoms with Crippen LogP contribution in [0.15, 0.2) is 42.5 Å². The second-order valence-electron chi connectivity index (χ2n) is 5.79. The van der Waals surface area contributed by atoms with Gasteiger partial charge in [0.05, 0.1) is 16.7 Å². The summed E-state index contributed by atoms with van der Waals surface area (Å²) in [5.74, 6) is -0.930. The number of aryl methyl sites for hydroxylation is 1.